The molecule has 0 heterocycles. The van der Waals surface area contributed by atoms with Gasteiger partial charge in [-0.1, -0.05) is 211 Å². The van der Waals surface area contributed by atoms with Gasteiger partial charge in [0.15, 0.2) is 0 Å². The third-order valence-electron chi connectivity index (χ3n) is 15.1. The Labute approximate surface area is 378 Å². The molecule has 0 N–H and O–H groups in total. The predicted molar refractivity (Wildman–Crippen MR) is 270 cm³/mol. The molecule has 0 saturated carbocycles. The minimum atomic E-state index is -0.243. The molecule has 64 heavy (non-hydrogen) atoms. The molecule has 0 fully saturated rings. The Morgan fingerprint density at radius 1 is 0.266 bits per heavy atom. The van der Waals surface area contributed by atoms with Crippen molar-refractivity contribution in [2.75, 3.05) is 4.90 Å². The Bertz CT molecular complexity index is 3310. The Hall–Kier alpha value is -7.22. The van der Waals surface area contributed by atoms with E-state index in [1.807, 2.05) is 0 Å². The molecule has 308 valence electrons. The van der Waals surface area contributed by atoms with Gasteiger partial charge in [-0.05, 0) is 119 Å². The topological polar surface area (TPSA) is 3.24 Å². The van der Waals surface area contributed by atoms with Gasteiger partial charge in [-0.15, -0.1) is 0 Å². The molecule has 0 aromatic heterocycles. The Morgan fingerprint density at radius 2 is 0.641 bits per heavy atom. The molecule has 1 heteroatoms. The summed E-state index contributed by atoms with van der Waals surface area (Å²) in [5, 5.41) is 0. The van der Waals surface area contributed by atoms with Crippen molar-refractivity contribution in [1.29, 1.82) is 0 Å². The van der Waals surface area contributed by atoms with E-state index >= 15 is 0 Å². The first-order valence-electron chi connectivity index (χ1n) is 22.8. The highest BCUT2D eigenvalue weighted by atomic mass is 15.1. The zero-order valence-electron chi connectivity index (χ0n) is 37.5. The Morgan fingerprint density at radius 3 is 1.25 bits per heavy atom. The minimum absolute atomic E-state index is 0.152. The average Bonchev–Trinajstić information content (AvgIpc) is 3.81. The van der Waals surface area contributed by atoms with Crippen LogP contribution in [0.3, 0.4) is 0 Å². The maximum absolute atomic E-state index is 2.62. The number of nitrogens with zero attached hydrogens (tertiary/aromatic N) is 1. The third kappa shape index (κ3) is 5.56. The molecule has 0 unspecified atom stereocenters. The van der Waals surface area contributed by atoms with E-state index in [4.69, 9.17) is 0 Å². The average molecular weight is 822 g/mol. The lowest BCUT2D eigenvalue weighted by molar-refractivity contribution is 0.639. The van der Waals surface area contributed by atoms with Crippen molar-refractivity contribution in [2.24, 2.45) is 0 Å². The van der Waals surface area contributed by atoms with Crippen LogP contribution in [-0.2, 0) is 16.2 Å². The molecule has 0 saturated heterocycles. The van der Waals surface area contributed by atoms with Crippen molar-refractivity contribution in [3.63, 3.8) is 0 Å². The first kappa shape index (κ1) is 38.5. The summed E-state index contributed by atoms with van der Waals surface area (Å²) in [6, 6.07) is 75.0. The maximum atomic E-state index is 2.62. The van der Waals surface area contributed by atoms with Crippen molar-refractivity contribution >= 4 is 17.1 Å². The summed E-state index contributed by atoms with van der Waals surface area (Å²) in [6.45, 7) is 14.5. The molecule has 12 rings (SSSR count). The van der Waals surface area contributed by atoms with Gasteiger partial charge >= 0.3 is 0 Å². The summed E-state index contributed by atoms with van der Waals surface area (Å²) in [5.41, 5.74) is 26.6. The van der Waals surface area contributed by atoms with E-state index in [-0.39, 0.29) is 16.2 Å². The summed E-state index contributed by atoms with van der Waals surface area (Å²) in [6.07, 6.45) is 0. The normalized spacial score (nSPS) is 15.1. The van der Waals surface area contributed by atoms with Crippen LogP contribution in [0.15, 0.2) is 200 Å². The molecule has 1 nitrogen and oxygen atoms in total. The molecular formula is C63H51N. The van der Waals surface area contributed by atoms with Crippen LogP contribution in [0.4, 0.5) is 17.1 Å². The summed E-state index contributed by atoms with van der Waals surface area (Å²) in [7, 11) is 0. The Kier molecular flexibility index (Phi) is 8.35. The number of fused-ring (bicyclic) bond motifs is 9. The SMILES string of the molecule is CC1(C)c2ccccc2-c2ccc(N(c3ccc(-c4ccc(-c5ccccc5)cc4)cc3)c3c4c(cc5c3-c3ccc(-c6ccccc6)cc3C5(C)C)C(C)(C)c3ccccc3-4)cc21. The van der Waals surface area contributed by atoms with Crippen molar-refractivity contribution in [3.05, 3.63) is 234 Å². The highest BCUT2D eigenvalue weighted by Crippen LogP contribution is 2.63. The highest BCUT2D eigenvalue weighted by Gasteiger charge is 2.46. The summed E-state index contributed by atoms with van der Waals surface area (Å²) in [5.74, 6) is 0. The maximum Gasteiger partial charge on any atom is 0.0624 e. The van der Waals surface area contributed by atoms with Crippen LogP contribution in [-0.4, -0.2) is 0 Å². The molecule has 0 bridgehead atoms. The number of hydrogen-bond donors (Lipinski definition) is 0. The molecule has 0 atom stereocenters. The fourth-order valence-electron chi connectivity index (χ4n) is 11.6. The quantitative estimate of drug-likeness (QED) is 0.161. The van der Waals surface area contributed by atoms with E-state index in [0.29, 0.717) is 0 Å². The fraction of sp³-hybridized carbons (Fsp3) is 0.143. The van der Waals surface area contributed by atoms with Crippen molar-refractivity contribution in [1.82, 2.24) is 0 Å². The predicted octanol–water partition coefficient (Wildman–Crippen LogP) is 17.1. The second-order valence-electron chi connectivity index (χ2n) is 19.7. The molecule has 0 radical (unpaired) electrons. The van der Waals surface area contributed by atoms with Crippen LogP contribution >= 0.6 is 0 Å². The first-order valence-corrected chi connectivity index (χ1v) is 22.8. The second-order valence-corrected chi connectivity index (χ2v) is 19.7. The second kappa shape index (κ2) is 13.9. The smallest absolute Gasteiger partial charge is 0.0624 e. The van der Waals surface area contributed by atoms with Gasteiger partial charge < -0.3 is 4.90 Å². The van der Waals surface area contributed by atoms with Crippen LogP contribution in [0.5, 0.6) is 0 Å². The lowest BCUT2D eigenvalue weighted by atomic mass is 9.77. The van der Waals surface area contributed by atoms with E-state index in [9.17, 15) is 0 Å². The Balaban J connectivity index is 1.12. The van der Waals surface area contributed by atoms with Gasteiger partial charge in [-0.3, -0.25) is 0 Å². The van der Waals surface area contributed by atoms with Crippen LogP contribution < -0.4 is 4.90 Å². The lowest BCUT2D eigenvalue weighted by Crippen LogP contribution is -2.21. The van der Waals surface area contributed by atoms with Gasteiger partial charge in [-0.25, -0.2) is 0 Å². The summed E-state index contributed by atoms with van der Waals surface area (Å²) >= 11 is 0. The molecule has 0 spiro atoms. The number of hydrogen-bond acceptors (Lipinski definition) is 1. The molecule has 3 aliphatic carbocycles. The molecule has 9 aromatic rings. The fourth-order valence-corrected chi connectivity index (χ4v) is 11.6. The largest absolute Gasteiger partial charge is 0.309 e. The van der Waals surface area contributed by atoms with Gasteiger partial charge in [0, 0.05) is 38.7 Å². The zero-order chi connectivity index (χ0) is 43.5. The molecule has 0 aliphatic heterocycles. The standard InChI is InChI=1S/C63H51N/c1-61(2)52-23-15-13-21-48(52)49-36-34-47(38-55(49)61)64(46-32-29-44(30-33-46)43-27-25-42(26-28-43)40-17-9-7-10-18-40)60-58-50-22-14-16-24-53(50)62(3,4)56(58)39-57-59(60)51-35-31-45(37-54(51)63(57,5)6)41-19-11-8-12-20-41/h7-39H,1-6H3. The number of benzene rings is 9. The van der Waals surface area contributed by atoms with Crippen molar-refractivity contribution in [3.8, 4) is 66.8 Å². The van der Waals surface area contributed by atoms with E-state index in [0.717, 1.165) is 5.69 Å². The van der Waals surface area contributed by atoms with Gasteiger partial charge in [0.05, 0.1) is 5.69 Å². The molecule has 3 aliphatic rings. The summed E-state index contributed by atoms with van der Waals surface area (Å²) < 4.78 is 0. The summed E-state index contributed by atoms with van der Waals surface area (Å²) in [4.78, 5) is 2.62. The molecular weight excluding hydrogens is 771 g/mol. The van der Waals surface area contributed by atoms with Gasteiger partial charge in [0.1, 0.15) is 0 Å². The zero-order valence-corrected chi connectivity index (χ0v) is 37.5. The van der Waals surface area contributed by atoms with Gasteiger partial charge in [0.25, 0.3) is 0 Å². The van der Waals surface area contributed by atoms with Crippen LogP contribution in [0, 0.1) is 0 Å². The van der Waals surface area contributed by atoms with E-state index in [2.05, 4.69) is 247 Å². The van der Waals surface area contributed by atoms with E-state index in [1.165, 1.54) is 112 Å². The monoisotopic (exact) mass is 821 g/mol. The molecule has 0 amide bonds. The minimum Gasteiger partial charge on any atom is -0.309 e. The van der Waals surface area contributed by atoms with Crippen LogP contribution in [0.2, 0.25) is 0 Å². The van der Waals surface area contributed by atoms with E-state index < -0.39 is 0 Å². The number of rotatable bonds is 6. The highest BCUT2D eigenvalue weighted by molar-refractivity contribution is 6.06. The van der Waals surface area contributed by atoms with Crippen LogP contribution in [0.25, 0.3) is 66.8 Å². The lowest BCUT2D eigenvalue weighted by Gasteiger charge is -2.33. The van der Waals surface area contributed by atoms with E-state index in [1.54, 1.807) is 0 Å². The third-order valence-corrected chi connectivity index (χ3v) is 15.1. The van der Waals surface area contributed by atoms with Gasteiger partial charge in [-0.2, -0.15) is 0 Å². The van der Waals surface area contributed by atoms with Crippen LogP contribution in [0.1, 0.15) is 74.9 Å². The number of anilines is 3. The van der Waals surface area contributed by atoms with Crippen molar-refractivity contribution < 1.29 is 0 Å². The van der Waals surface area contributed by atoms with Gasteiger partial charge in [0.2, 0.25) is 0 Å². The molecule has 9 aromatic carbocycles. The van der Waals surface area contributed by atoms with Crippen molar-refractivity contribution in [2.45, 2.75) is 57.8 Å². The first-order chi connectivity index (χ1) is 31.0.